The Morgan fingerprint density at radius 1 is 1.35 bits per heavy atom. The number of benzene rings is 1. The van der Waals surface area contributed by atoms with E-state index in [2.05, 4.69) is 34.4 Å². The number of pyridine rings is 1. The maximum absolute atomic E-state index is 8.95. The van der Waals surface area contributed by atoms with Crippen molar-refractivity contribution in [1.82, 2.24) is 9.88 Å². The molecule has 0 aliphatic carbocycles. The molecular weight excluding hydrogens is 252 g/mol. The van der Waals surface area contributed by atoms with Gasteiger partial charge in [-0.15, -0.1) is 0 Å². The number of hydrogen-bond donors (Lipinski definition) is 3. The first kappa shape index (κ1) is 14.7. The maximum atomic E-state index is 8.95. The van der Waals surface area contributed by atoms with Gasteiger partial charge in [-0.25, -0.2) is 10.8 Å². The third-order valence-electron chi connectivity index (χ3n) is 3.41. The molecule has 1 heterocycles. The van der Waals surface area contributed by atoms with Gasteiger partial charge in [-0.3, -0.25) is 4.90 Å². The summed E-state index contributed by atoms with van der Waals surface area (Å²) < 4.78 is 0. The van der Waals surface area contributed by atoms with Crippen LogP contribution in [0.5, 0.6) is 0 Å². The van der Waals surface area contributed by atoms with Crippen LogP contribution in [-0.2, 0) is 6.54 Å². The van der Waals surface area contributed by atoms with Gasteiger partial charge in [0.2, 0.25) is 0 Å². The van der Waals surface area contributed by atoms with Crippen LogP contribution in [0.4, 0.5) is 5.82 Å². The number of rotatable bonds is 7. The Labute approximate surface area is 119 Å². The topological polar surface area (TPSA) is 74.4 Å². The summed E-state index contributed by atoms with van der Waals surface area (Å²) in [6, 6.07) is 10.1. The summed E-state index contributed by atoms with van der Waals surface area (Å²) in [6.07, 6.45) is 0.778. The predicted molar refractivity (Wildman–Crippen MR) is 82.2 cm³/mol. The van der Waals surface area contributed by atoms with E-state index in [1.54, 1.807) is 0 Å². The molecule has 0 saturated heterocycles. The van der Waals surface area contributed by atoms with E-state index in [9.17, 15) is 0 Å². The lowest BCUT2D eigenvalue weighted by Gasteiger charge is -2.21. The van der Waals surface area contributed by atoms with Crippen molar-refractivity contribution in [2.45, 2.75) is 19.9 Å². The lowest BCUT2D eigenvalue weighted by atomic mass is 10.1. The molecule has 0 spiro atoms. The van der Waals surface area contributed by atoms with Gasteiger partial charge >= 0.3 is 0 Å². The number of nitrogen functional groups attached to an aromatic ring is 1. The van der Waals surface area contributed by atoms with E-state index < -0.39 is 0 Å². The molecule has 4 N–H and O–H groups in total. The molecule has 0 bridgehead atoms. The van der Waals surface area contributed by atoms with Gasteiger partial charge in [0, 0.05) is 30.6 Å². The van der Waals surface area contributed by atoms with E-state index in [0.717, 1.165) is 42.5 Å². The molecule has 0 saturated carbocycles. The monoisotopic (exact) mass is 274 g/mol. The number of nitrogens with one attached hydrogen (secondary N) is 1. The molecule has 20 heavy (non-hydrogen) atoms. The zero-order valence-electron chi connectivity index (χ0n) is 11.8. The summed E-state index contributed by atoms with van der Waals surface area (Å²) in [5.74, 6) is 6.30. The molecule has 0 aliphatic heterocycles. The second-order valence-corrected chi connectivity index (χ2v) is 4.78. The Hall–Kier alpha value is -1.69. The fourth-order valence-corrected chi connectivity index (χ4v) is 2.29. The highest BCUT2D eigenvalue weighted by Crippen LogP contribution is 2.21. The summed E-state index contributed by atoms with van der Waals surface area (Å²) in [5.41, 5.74) is 4.69. The summed E-state index contributed by atoms with van der Waals surface area (Å²) >= 11 is 0. The fraction of sp³-hybridized carbons (Fsp3) is 0.400. The third-order valence-corrected chi connectivity index (χ3v) is 3.41. The Morgan fingerprint density at radius 3 is 2.85 bits per heavy atom. The van der Waals surface area contributed by atoms with Crippen molar-refractivity contribution in [3.8, 4) is 0 Å². The Morgan fingerprint density at radius 2 is 2.15 bits per heavy atom. The van der Waals surface area contributed by atoms with Crippen LogP contribution >= 0.6 is 0 Å². The third kappa shape index (κ3) is 3.45. The highest BCUT2D eigenvalue weighted by molar-refractivity contribution is 5.81. The molecule has 2 aromatic rings. The molecular formula is C15H22N4O. The Bertz CT molecular complexity index is 559. The molecule has 1 aromatic carbocycles. The van der Waals surface area contributed by atoms with E-state index in [1.165, 1.54) is 0 Å². The normalized spacial score (nSPS) is 11.2. The zero-order valence-corrected chi connectivity index (χ0v) is 11.8. The van der Waals surface area contributed by atoms with Crippen molar-refractivity contribution in [1.29, 1.82) is 0 Å². The number of aliphatic hydroxyl groups is 1. The summed E-state index contributed by atoms with van der Waals surface area (Å²) in [6.45, 7) is 4.89. The quantitative estimate of drug-likeness (QED) is 0.529. The number of anilines is 1. The predicted octanol–water partition coefficient (Wildman–Crippen LogP) is 1.72. The van der Waals surface area contributed by atoms with Gasteiger partial charge in [-0.05, 0) is 25.1 Å². The van der Waals surface area contributed by atoms with Crippen LogP contribution in [0.2, 0.25) is 0 Å². The minimum Gasteiger partial charge on any atom is -0.396 e. The van der Waals surface area contributed by atoms with Gasteiger partial charge in [0.05, 0.1) is 5.52 Å². The smallest absolute Gasteiger partial charge is 0.145 e. The molecule has 0 radical (unpaired) electrons. The van der Waals surface area contributed by atoms with Crippen molar-refractivity contribution >= 4 is 16.7 Å². The number of fused-ring (bicyclic) bond motifs is 1. The molecule has 2 rings (SSSR count). The molecule has 5 heteroatoms. The number of hydrogen-bond acceptors (Lipinski definition) is 5. The van der Waals surface area contributed by atoms with Crippen LogP contribution in [-0.4, -0.2) is 34.7 Å². The van der Waals surface area contributed by atoms with Crippen molar-refractivity contribution in [2.24, 2.45) is 5.84 Å². The number of hydrazine groups is 1. The van der Waals surface area contributed by atoms with Crippen LogP contribution < -0.4 is 11.3 Å². The summed E-state index contributed by atoms with van der Waals surface area (Å²) in [4.78, 5) is 6.82. The minimum atomic E-state index is 0.217. The van der Waals surface area contributed by atoms with E-state index >= 15 is 0 Å². The lowest BCUT2D eigenvalue weighted by Crippen LogP contribution is -2.26. The molecule has 1 aromatic heterocycles. The zero-order chi connectivity index (χ0) is 14.4. The van der Waals surface area contributed by atoms with Gasteiger partial charge in [0.25, 0.3) is 0 Å². The number of nitrogens with two attached hydrogens (primary N) is 1. The van der Waals surface area contributed by atoms with Crippen molar-refractivity contribution in [3.63, 3.8) is 0 Å². The van der Waals surface area contributed by atoms with Crippen molar-refractivity contribution in [2.75, 3.05) is 25.1 Å². The standard InChI is InChI=1S/C15H22N4O/c1-2-19(8-5-9-20)11-13-10-12-6-3-4-7-14(12)17-15(13)18-16/h3-4,6-7,10,20H,2,5,8-9,11,16H2,1H3,(H,17,18). The molecule has 0 atom stereocenters. The second kappa shape index (κ2) is 7.19. The SMILES string of the molecule is CCN(CCCO)Cc1cc2ccccc2nc1NN. The van der Waals surface area contributed by atoms with Gasteiger partial charge < -0.3 is 10.5 Å². The molecule has 5 nitrogen and oxygen atoms in total. The number of para-hydroxylation sites is 1. The molecule has 108 valence electrons. The van der Waals surface area contributed by atoms with Gasteiger partial charge in [-0.2, -0.15) is 0 Å². The van der Waals surface area contributed by atoms with Crippen LogP contribution in [0, 0.1) is 0 Å². The van der Waals surface area contributed by atoms with Crippen LogP contribution in [0.3, 0.4) is 0 Å². The largest absolute Gasteiger partial charge is 0.396 e. The van der Waals surface area contributed by atoms with E-state index in [4.69, 9.17) is 10.9 Å². The van der Waals surface area contributed by atoms with E-state index in [1.807, 2.05) is 18.2 Å². The van der Waals surface area contributed by atoms with E-state index in [0.29, 0.717) is 5.82 Å². The average molecular weight is 274 g/mol. The Balaban J connectivity index is 2.27. The lowest BCUT2D eigenvalue weighted by molar-refractivity contribution is 0.225. The summed E-state index contributed by atoms with van der Waals surface area (Å²) in [7, 11) is 0. The molecule has 0 fully saturated rings. The Kier molecular flexibility index (Phi) is 5.29. The second-order valence-electron chi connectivity index (χ2n) is 4.78. The van der Waals surface area contributed by atoms with Crippen molar-refractivity contribution < 1.29 is 5.11 Å². The summed E-state index contributed by atoms with van der Waals surface area (Å²) in [5, 5.41) is 10.1. The van der Waals surface area contributed by atoms with Crippen LogP contribution in [0.25, 0.3) is 10.9 Å². The molecule has 0 amide bonds. The fourth-order valence-electron chi connectivity index (χ4n) is 2.29. The van der Waals surface area contributed by atoms with Crippen LogP contribution in [0.15, 0.2) is 30.3 Å². The molecule has 0 aliphatic rings. The van der Waals surface area contributed by atoms with E-state index in [-0.39, 0.29) is 6.61 Å². The first-order valence-electron chi connectivity index (χ1n) is 6.97. The van der Waals surface area contributed by atoms with Crippen molar-refractivity contribution in [3.05, 3.63) is 35.9 Å². The van der Waals surface area contributed by atoms with Gasteiger partial charge in [0.1, 0.15) is 5.82 Å². The highest BCUT2D eigenvalue weighted by Gasteiger charge is 2.10. The first-order chi connectivity index (χ1) is 9.78. The maximum Gasteiger partial charge on any atom is 0.145 e. The minimum absolute atomic E-state index is 0.217. The molecule has 0 unspecified atom stereocenters. The highest BCUT2D eigenvalue weighted by atomic mass is 16.3. The number of aliphatic hydroxyl groups excluding tert-OH is 1. The number of nitrogens with zero attached hydrogens (tertiary/aromatic N) is 2. The number of aromatic nitrogens is 1. The van der Waals surface area contributed by atoms with Gasteiger partial charge in [0.15, 0.2) is 0 Å². The average Bonchev–Trinajstić information content (AvgIpc) is 2.50. The van der Waals surface area contributed by atoms with Gasteiger partial charge in [-0.1, -0.05) is 25.1 Å². The van der Waals surface area contributed by atoms with Crippen LogP contribution in [0.1, 0.15) is 18.9 Å². The first-order valence-corrected chi connectivity index (χ1v) is 6.97.